The summed E-state index contributed by atoms with van der Waals surface area (Å²) in [7, 11) is 0. The van der Waals surface area contributed by atoms with Crippen molar-refractivity contribution in [1.82, 2.24) is 4.98 Å². The molecule has 0 aliphatic heterocycles. The number of pyridine rings is 1. The Morgan fingerprint density at radius 1 is 0.947 bits per heavy atom. The number of para-hydroxylation sites is 2. The summed E-state index contributed by atoms with van der Waals surface area (Å²) in [6.07, 6.45) is 0. The Balaban J connectivity index is 1.99. The van der Waals surface area contributed by atoms with Crippen molar-refractivity contribution in [3.63, 3.8) is 0 Å². The van der Waals surface area contributed by atoms with Crippen LogP contribution in [0.4, 0.5) is 5.69 Å². The van der Waals surface area contributed by atoms with Crippen LogP contribution in [0.1, 0.15) is 0 Å². The summed E-state index contributed by atoms with van der Waals surface area (Å²) in [6.45, 7) is 0. The van der Waals surface area contributed by atoms with Gasteiger partial charge in [-0.1, -0.05) is 24.3 Å². The number of nitrogens with zero attached hydrogens (tertiary/aromatic N) is 1. The van der Waals surface area contributed by atoms with Gasteiger partial charge in [0, 0.05) is 11.5 Å². The number of hydrogen-bond acceptors (Lipinski definition) is 4. The Bertz CT molecular complexity index is 741. The monoisotopic (exact) mass is 252 g/mol. The molecule has 2 aromatic carbocycles. The van der Waals surface area contributed by atoms with Crippen LogP contribution in [0.3, 0.4) is 0 Å². The van der Waals surface area contributed by atoms with Gasteiger partial charge in [0.25, 0.3) is 0 Å². The minimum atomic E-state index is -0.00158. The second-order valence-corrected chi connectivity index (χ2v) is 4.13. The lowest BCUT2D eigenvalue weighted by molar-refractivity contribution is 0.451. The van der Waals surface area contributed by atoms with E-state index in [1.807, 2.05) is 30.3 Å². The highest BCUT2D eigenvalue weighted by molar-refractivity contribution is 5.79. The number of nitrogens with two attached hydrogens (primary N) is 1. The molecular formula is C15H12N2O2. The number of phenolic OH excluding ortho intramolecular Hbond substituents is 1. The summed E-state index contributed by atoms with van der Waals surface area (Å²) < 4.78 is 5.60. The van der Waals surface area contributed by atoms with E-state index in [0.29, 0.717) is 11.6 Å². The van der Waals surface area contributed by atoms with Crippen LogP contribution in [0, 0.1) is 0 Å². The third-order valence-corrected chi connectivity index (χ3v) is 2.83. The van der Waals surface area contributed by atoms with Crippen molar-refractivity contribution in [2.75, 3.05) is 5.73 Å². The van der Waals surface area contributed by atoms with Gasteiger partial charge in [-0.05, 0) is 24.3 Å². The first-order chi connectivity index (χ1) is 9.24. The summed E-state index contributed by atoms with van der Waals surface area (Å²) in [6, 6.07) is 16.3. The first-order valence-corrected chi connectivity index (χ1v) is 5.85. The Morgan fingerprint density at radius 2 is 1.79 bits per heavy atom. The molecule has 0 saturated heterocycles. The number of aromatic hydroxyl groups is 1. The molecule has 0 spiro atoms. The first-order valence-electron chi connectivity index (χ1n) is 5.85. The van der Waals surface area contributed by atoms with Gasteiger partial charge < -0.3 is 15.6 Å². The summed E-state index contributed by atoms with van der Waals surface area (Å²) in [4.78, 5) is 4.38. The molecule has 19 heavy (non-hydrogen) atoms. The van der Waals surface area contributed by atoms with Gasteiger partial charge in [-0.2, -0.15) is 0 Å². The molecule has 1 heterocycles. The highest BCUT2D eigenvalue weighted by Gasteiger charge is 2.07. The standard InChI is InChI=1S/C15H12N2O2/c16-15-12(18)6-3-7-13(15)19-14-9-8-10-4-1-2-5-11(10)17-14/h1-9,18H,16H2. The van der Waals surface area contributed by atoms with E-state index in [4.69, 9.17) is 10.5 Å². The molecule has 0 aliphatic carbocycles. The van der Waals surface area contributed by atoms with Crippen molar-refractivity contribution in [3.05, 3.63) is 54.6 Å². The second kappa shape index (κ2) is 4.49. The van der Waals surface area contributed by atoms with E-state index in [9.17, 15) is 5.11 Å². The van der Waals surface area contributed by atoms with Crippen LogP contribution in [0.5, 0.6) is 17.4 Å². The molecule has 3 N–H and O–H groups in total. The lowest BCUT2D eigenvalue weighted by atomic mass is 10.2. The zero-order valence-electron chi connectivity index (χ0n) is 10.1. The van der Waals surface area contributed by atoms with Crippen LogP contribution in [-0.2, 0) is 0 Å². The molecule has 1 aromatic heterocycles. The molecule has 0 amide bonds. The van der Waals surface area contributed by atoms with E-state index < -0.39 is 0 Å². The highest BCUT2D eigenvalue weighted by Crippen LogP contribution is 2.33. The van der Waals surface area contributed by atoms with Gasteiger partial charge in [0.1, 0.15) is 11.4 Å². The minimum Gasteiger partial charge on any atom is -0.506 e. The van der Waals surface area contributed by atoms with E-state index in [-0.39, 0.29) is 11.4 Å². The van der Waals surface area contributed by atoms with Gasteiger partial charge >= 0.3 is 0 Å². The number of ether oxygens (including phenoxy) is 1. The Hall–Kier alpha value is -2.75. The minimum absolute atomic E-state index is 0.00158. The number of anilines is 1. The maximum atomic E-state index is 9.52. The lowest BCUT2D eigenvalue weighted by Gasteiger charge is -2.09. The Labute approximate surface area is 110 Å². The molecule has 3 aromatic rings. The molecule has 3 rings (SSSR count). The topological polar surface area (TPSA) is 68.4 Å². The van der Waals surface area contributed by atoms with Crippen molar-refractivity contribution >= 4 is 16.6 Å². The fourth-order valence-corrected chi connectivity index (χ4v) is 1.84. The highest BCUT2D eigenvalue weighted by atomic mass is 16.5. The maximum absolute atomic E-state index is 9.52. The molecular weight excluding hydrogens is 240 g/mol. The SMILES string of the molecule is Nc1c(O)cccc1Oc1ccc2ccccc2n1. The predicted molar refractivity (Wildman–Crippen MR) is 74.3 cm³/mol. The average molecular weight is 252 g/mol. The van der Waals surface area contributed by atoms with Crippen LogP contribution in [0.25, 0.3) is 10.9 Å². The number of hydrogen-bond donors (Lipinski definition) is 2. The quantitative estimate of drug-likeness (QED) is 0.542. The molecule has 94 valence electrons. The van der Waals surface area contributed by atoms with Gasteiger partial charge in [-0.15, -0.1) is 0 Å². The van der Waals surface area contributed by atoms with Crippen molar-refractivity contribution in [2.45, 2.75) is 0 Å². The van der Waals surface area contributed by atoms with E-state index in [0.717, 1.165) is 10.9 Å². The number of fused-ring (bicyclic) bond motifs is 1. The fraction of sp³-hybridized carbons (Fsp3) is 0. The molecule has 0 unspecified atom stereocenters. The van der Waals surface area contributed by atoms with E-state index in [1.165, 1.54) is 6.07 Å². The fourth-order valence-electron chi connectivity index (χ4n) is 1.84. The molecule has 0 bridgehead atoms. The molecule has 0 radical (unpaired) electrons. The Kier molecular flexibility index (Phi) is 2.68. The third-order valence-electron chi connectivity index (χ3n) is 2.83. The first kappa shape index (κ1) is 11.3. The number of benzene rings is 2. The maximum Gasteiger partial charge on any atom is 0.219 e. The van der Waals surface area contributed by atoms with Crippen molar-refractivity contribution in [1.29, 1.82) is 0 Å². The number of phenols is 1. The van der Waals surface area contributed by atoms with Gasteiger partial charge in [-0.3, -0.25) is 0 Å². The van der Waals surface area contributed by atoms with Crippen LogP contribution >= 0.6 is 0 Å². The summed E-state index contributed by atoms with van der Waals surface area (Å²) >= 11 is 0. The summed E-state index contributed by atoms with van der Waals surface area (Å²) in [5.41, 5.74) is 6.79. The normalized spacial score (nSPS) is 10.5. The van der Waals surface area contributed by atoms with E-state index >= 15 is 0 Å². The average Bonchev–Trinajstić information content (AvgIpc) is 2.44. The van der Waals surface area contributed by atoms with Crippen LogP contribution < -0.4 is 10.5 Å². The zero-order valence-corrected chi connectivity index (χ0v) is 10.1. The lowest BCUT2D eigenvalue weighted by Crippen LogP contribution is -1.94. The van der Waals surface area contributed by atoms with Crippen LogP contribution in [-0.4, -0.2) is 10.1 Å². The largest absolute Gasteiger partial charge is 0.506 e. The smallest absolute Gasteiger partial charge is 0.219 e. The molecule has 0 saturated carbocycles. The molecule has 0 atom stereocenters. The second-order valence-electron chi connectivity index (χ2n) is 4.13. The van der Waals surface area contributed by atoms with Crippen molar-refractivity contribution < 1.29 is 9.84 Å². The number of nitrogen functional groups attached to an aromatic ring is 1. The van der Waals surface area contributed by atoms with Crippen molar-refractivity contribution in [3.8, 4) is 17.4 Å². The summed E-state index contributed by atoms with van der Waals surface area (Å²) in [5, 5.41) is 10.6. The number of aromatic nitrogens is 1. The molecule has 0 fully saturated rings. The predicted octanol–water partition coefficient (Wildman–Crippen LogP) is 3.31. The van der Waals surface area contributed by atoms with Gasteiger partial charge in [0.15, 0.2) is 5.75 Å². The van der Waals surface area contributed by atoms with Gasteiger partial charge in [0.2, 0.25) is 5.88 Å². The van der Waals surface area contributed by atoms with Gasteiger partial charge in [-0.25, -0.2) is 4.98 Å². The van der Waals surface area contributed by atoms with Gasteiger partial charge in [0.05, 0.1) is 5.52 Å². The van der Waals surface area contributed by atoms with Crippen LogP contribution in [0.2, 0.25) is 0 Å². The Morgan fingerprint density at radius 3 is 2.68 bits per heavy atom. The number of rotatable bonds is 2. The summed E-state index contributed by atoms with van der Waals surface area (Å²) in [5.74, 6) is 0.831. The molecule has 4 nitrogen and oxygen atoms in total. The van der Waals surface area contributed by atoms with Crippen molar-refractivity contribution in [2.24, 2.45) is 0 Å². The van der Waals surface area contributed by atoms with Crippen LogP contribution in [0.15, 0.2) is 54.6 Å². The van der Waals surface area contributed by atoms with E-state index in [1.54, 1.807) is 18.2 Å². The van der Waals surface area contributed by atoms with E-state index in [2.05, 4.69) is 4.98 Å². The zero-order chi connectivity index (χ0) is 13.2. The third kappa shape index (κ3) is 2.15. The molecule has 0 aliphatic rings. The molecule has 4 heteroatoms.